The van der Waals surface area contributed by atoms with Gasteiger partial charge in [-0.15, -0.1) is 0 Å². The maximum Gasteiger partial charge on any atom is 0.291 e. The Bertz CT molecular complexity index is 983. The van der Waals surface area contributed by atoms with E-state index in [1.54, 1.807) is 49.4 Å². The molecule has 7 nitrogen and oxygen atoms in total. The summed E-state index contributed by atoms with van der Waals surface area (Å²) in [7, 11) is 3.14. The van der Waals surface area contributed by atoms with Crippen LogP contribution in [0, 0.1) is 0 Å². The average molecular weight is 443 g/mol. The third-order valence-corrected chi connectivity index (χ3v) is 4.47. The number of amides is 1. The van der Waals surface area contributed by atoms with Gasteiger partial charge in [0.1, 0.15) is 11.5 Å². The molecule has 0 unspecified atom stereocenters. The standard InChI is InChI=1S/C20H19BrN4O3/c1-27-17-8-5-15(19(11-17)28-2)12-22-23-20(26)18-9-10-25(24-18)13-14-3-6-16(21)7-4-14/h3-12H,13H2,1-2H3,(H,23,26). The van der Waals surface area contributed by atoms with Crippen molar-refractivity contribution in [2.75, 3.05) is 14.2 Å². The van der Waals surface area contributed by atoms with Crippen LogP contribution >= 0.6 is 15.9 Å². The van der Waals surface area contributed by atoms with Gasteiger partial charge in [0.15, 0.2) is 5.69 Å². The number of halogens is 1. The van der Waals surface area contributed by atoms with Gasteiger partial charge in [0.05, 0.1) is 27.0 Å². The minimum absolute atomic E-state index is 0.288. The number of carbonyl (C=O) groups is 1. The largest absolute Gasteiger partial charge is 0.497 e. The predicted molar refractivity (Wildman–Crippen MR) is 110 cm³/mol. The fourth-order valence-corrected chi connectivity index (χ4v) is 2.75. The molecule has 1 amide bonds. The molecule has 28 heavy (non-hydrogen) atoms. The van der Waals surface area contributed by atoms with Crippen LogP contribution in [-0.4, -0.2) is 36.1 Å². The minimum Gasteiger partial charge on any atom is -0.497 e. The molecular weight excluding hydrogens is 424 g/mol. The van der Waals surface area contributed by atoms with Gasteiger partial charge in [-0.1, -0.05) is 28.1 Å². The molecule has 3 aromatic rings. The van der Waals surface area contributed by atoms with Crippen LogP contribution in [0.1, 0.15) is 21.6 Å². The Labute approximate surface area is 171 Å². The van der Waals surface area contributed by atoms with Crippen molar-refractivity contribution in [2.24, 2.45) is 5.10 Å². The maximum atomic E-state index is 12.2. The first-order chi connectivity index (χ1) is 13.6. The Hall–Kier alpha value is -3.13. The molecule has 0 fully saturated rings. The zero-order chi connectivity index (χ0) is 19.9. The van der Waals surface area contributed by atoms with E-state index in [1.807, 2.05) is 24.3 Å². The van der Waals surface area contributed by atoms with Gasteiger partial charge in [0.25, 0.3) is 5.91 Å². The highest BCUT2D eigenvalue weighted by Gasteiger charge is 2.09. The second-order valence-corrected chi connectivity index (χ2v) is 6.75. The van der Waals surface area contributed by atoms with Crippen LogP contribution in [0.4, 0.5) is 0 Å². The van der Waals surface area contributed by atoms with Crippen molar-refractivity contribution in [1.82, 2.24) is 15.2 Å². The van der Waals surface area contributed by atoms with Gasteiger partial charge in [-0.25, -0.2) is 5.43 Å². The van der Waals surface area contributed by atoms with Crippen LogP contribution in [0.5, 0.6) is 11.5 Å². The summed E-state index contributed by atoms with van der Waals surface area (Å²) in [5.74, 6) is 0.878. The second kappa shape index (κ2) is 9.18. The summed E-state index contributed by atoms with van der Waals surface area (Å²) < 4.78 is 13.2. The highest BCUT2D eigenvalue weighted by molar-refractivity contribution is 9.10. The molecule has 0 bridgehead atoms. The van der Waals surface area contributed by atoms with E-state index in [4.69, 9.17) is 9.47 Å². The number of carbonyl (C=O) groups excluding carboxylic acids is 1. The molecule has 0 spiro atoms. The van der Waals surface area contributed by atoms with Gasteiger partial charge in [-0.2, -0.15) is 10.2 Å². The van der Waals surface area contributed by atoms with E-state index in [1.165, 1.54) is 6.21 Å². The number of methoxy groups -OCH3 is 2. The lowest BCUT2D eigenvalue weighted by Crippen LogP contribution is -2.18. The van der Waals surface area contributed by atoms with E-state index >= 15 is 0 Å². The van der Waals surface area contributed by atoms with Crippen LogP contribution in [0.2, 0.25) is 0 Å². The number of nitrogens with zero attached hydrogens (tertiary/aromatic N) is 3. The van der Waals surface area contributed by atoms with E-state index in [2.05, 4.69) is 31.6 Å². The number of rotatable bonds is 7. The predicted octanol–water partition coefficient (Wildman–Crippen LogP) is 3.48. The van der Waals surface area contributed by atoms with Crippen LogP contribution in [0.25, 0.3) is 0 Å². The Morgan fingerprint density at radius 2 is 1.96 bits per heavy atom. The molecule has 1 N–H and O–H groups in total. The number of hydrazone groups is 1. The molecule has 0 saturated carbocycles. The summed E-state index contributed by atoms with van der Waals surface area (Å²) >= 11 is 3.41. The first-order valence-electron chi connectivity index (χ1n) is 8.42. The normalized spacial score (nSPS) is 10.8. The lowest BCUT2D eigenvalue weighted by Gasteiger charge is -2.06. The molecule has 1 heterocycles. The van der Waals surface area contributed by atoms with Gasteiger partial charge >= 0.3 is 0 Å². The zero-order valence-corrected chi connectivity index (χ0v) is 17.0. The Morgan fingerprint density at radius 3 is 2.68 bits per heavy atom. The van der Waals surface area contributed by atoms with Gasteiger partial charge in [0, 0.05) is 22.3 Å². The molecule has 0 radical (unpaired) electrons. The summed E-state index contributed by atoms with van der Waals surface area (Å²) in [4.78, 5) is 12.2. The van der Waals surface area contributed by atoms with Crippen molar-refractivity contribution in [2.45, 2.75) is 6.54 Å². The van der Waals surface area contributed by atoms with Crippen LogP contribution < -0.4 is 14.9 Å². The van der Waals surface area contributed by atoms with Crippen molar-refractivity contribution < 1.29 is 14.3 Å². The highest BCUT2D eigenvalue weighted by Crippen LogP contribution is 2.23. The van der Waals surface area contributed by atoms with E-state index in [0.717, 1.165) is 10.0 Å². The molecule has 1 aromatic heterocycles. The molecule has 0 aliphatic carbocycles. The number of nitrogens with one attached hydrogen (secondary N) is 1. The smallest absolute Gasteiger partial charge is 0.291 e. The molecule has 144 valence electrons. The Morgan fingerprint density at radius 1 is 1.18 bits per heavy atom. The van der Waals surface area contributed by atoms with E-state index < -0.39 is 5.91 Å². The molecule has 3 rings (SSSR count). The lowest BCUT2D eigenvalue weighted by molar-refractivity contribution is 0.0949. The number of ether oxygens (including phenoxy) is 2. The van der Waals surface area contributed by atoms with Crippen molar-refractivity contribution in [3.05, 3.63) is 76.0 Å². The van der Waals surface area contributed by atoms with Crippen LogP contribution in [0.3, 0.4) is 0 Å². The van der Waals surface area contributed by atoms with Gasteiger partial charge in [-0.05, 0) is 35.9 Å². The fraction of sp³-hybridized carbons (Fsp3) is 0.150. The summed E-state index contributed by atoms with van der Waals surface area (Å²) in [6.07, 6.45) is 3.27. The average Bonchev–Trinajstić information content (AvgIpc) is 3.18. The van der Waals surface area contributed by atoms with Gasteiger partial charge in [-0.3, -0.25) is 9.48 Å². The topological polar surface area (TPSA) is 77.7 Å². The monoisotopic (exact) mass is 442 g/mol. The molecule has 0 aliphatic heterocycles. The SMILES string of the molecule is COc1ccc(C=NNC(=O)c2ccn(Cc3ccc(Br)cc3)n2)c(OC)c1. The first kappa shape index (κ1) is 19.6. The van der Waals surface area contributed by atoms with Gasteiger partial charge in [0.2, 0.25) is 0 Å². The molecule has 0 atom stereocenters. The number of hydrogen-bond donors (Lipinski definition) is 1. The third kappa shape index (κ3) is 4.98. The van der Waals surface area contributed by atoms with Crippen LogP contribution in [-0.2, 0) is 6.54 Å². The highest BCUT2D eigenvalue weighted by atomic mass is 79.9. The van der Waals surface area contributed by atoms with E-state index in [0.29, 0.717) is 23.6 Å². The quantitative estimate of drug-likeness (QED) is 0.448. The number of benzene rings is 2. The number of hydrogen-bond acceptors (Lipinski definition) is 5. The molecule has 0 saturated heterocycles. The van der Waals surface area contributed by atoms with Crippen molar-refractivity contribution >= 4 is 28.1 Å². The van der Waals surface area contributed by atoms with Crippen LogP contribution in [0.15, 0.2) is 64.3 Å². The third-order valence-electron chi connectivity index (χ3n) is 3.94. The fourth-order valence-electron chi connectivity index (χ4n) is 2.49. The molecule has 2 aromatic carbocycles. The Kier molecular flexibility index (Phi) is 6.44. The van der Waals surface area contributed by atoms with E-state index in [9.17, 15) is 4.79 Å². The molecule has 0 aliphatic rings. The second-order valence-electron chi connectivity index (χ2n) is 5.83. The zero-order valence-electron chi connectivity index (χ0n) is 15.4. The van der Waals surface area contributed by atoms with Gasteiger partial charge < -0.3 is 9.47 Å². The number of aromatic nitrogens is 2. The van der Waals surface area contributed by atoms with Crippen molar-refractivity contribution in [3.8, 4) is 11.5 Å². The van der Waals surface area contributed by atoms with Crippen molar-refractivity contribution in [1.29, 1.82) is 0 Å². The lowest BCUT2D eigenvalue weighted by atomic mass is 10.2. The Balaban J connectivity index is 1.61. The maximum absolute atomic E-state index is 12.2. The summed E-state index contributed by atoms with van der Waals surface area (Å²) in [6, 6.07) is 14.9. The minimum atomic E-state index is -0.390. The molecule has 8 heteroatoms. The molecular formula is C20H19BrN4O3. The summed E-state index contributed by atoms with van der Waals surface area (Å²) in [6.45, 7) is 0.576. The summed E-state index contributed by atoms with van der Waals surface area (Å²) in [5, 5.41) is 8.27. The van der Waals surface area contributed by atoms with Crippen molar-refractivity contribution in [3.63, 3.8) is 0 Å². The van der Waals surface area contributed by atoms with E-state index in [-0.39, 0.29) is 5.69 Å². The first-order valence-corrected chi connectivity index (χ1v) is 9.21. The summed E-state index contributed by atoms with van der Waals surface area (Å²) in [5.41, 5.74) is 4.56.